The third-order valence-corrected chi connectivity index (χ3v) is 10.2. The van der Waals surface area contributed by atoms with Crippen molar-refractivity contribution in [3.63, 3.8) is 0 Å². The Kier molecular flexibility index (Phi) is 9.53. The summed E-state index contributed by atoms with van der Waals surface area (Å²) in [5.74, 6) is 0.156. The summed E-state index contributed by atoms with van der Waals surface area (Å²) in [7, 11) is 0. The molecule has 3 aromatic carbocycles. The number of halogens is 3. The number of aromatic nitrogens is 1. The summed E-state index contributed by atoms with van der Waals surface area (Å²) in [6, 6.07) is 24.1. The van der Waals surface area contributed by atoms with Gasteiger partial charge in [0.25, 0.3) is 5.56 Å². The Labute approximate surface area is 288 Å². The molecule has 0 radical (unpaired) electrons. The molecule has 0 fully saturated rings. The summed E-state index contributed by atoms with van der Waals surface area (Å²) in [6.07, 6.45) is 1.83. The van der Waals surface area contributed by atoms with E-state index in [9.17, 15) is 9.59 Å². The van der Waals surface area contributed by atoms with Crippen molar-refractivity contribution < 1.29 is 14.3 Å². The van der Waals surface area contributed by atoms with Gasteiger partial charge in [-0.3, -0.25) is 9.36 Å². The van der Waals surface area contributed by atoms with Crippen LogP contribution in [0, 0.1) is 3.57 Å². The van der Waals surface area contributed by atoms with Gasteiger partial charge in [0.15, 0.2) is 4.80 Å². The van der Waals surface area contributed by atoms with E-state index >= 15 is 0 Å². The maximum atomic E-state index is 14.2. The Balaban J connectivity index is 1.53. The van der Waals surface area contributed by atoms with Crippen LogP contribution in [0.3, 0.4) is 0 Å². The molecule has 44 heavy (non-hydrogen) atoms. The van der Waals surface area contributed by atoms with Crippen molar-refractivity contribution in [1.29, 1.82) is 0 Å². The lowest BCUT2D eigenvalue weighted by molar-refractivity contribution is -0.138. The first-order chi connectivity index (χ1) is 21.3. The van der Waals surface area contributed by atoms with Crippen molar-refractivity contribution in [3.8, 4) is 5.75 Å². The highest BCUT2D eigenvalue weighted by Crippen LogP contribution is 2.37. The first-order valence-electron chi connectivity index (χ1n) is 13.5. The first kappa shape index (κ1) is 31.0. The standard InChI is InChI=1S/C33H23BrClIN2O4S2/c1-2-41-32(40)27-28(20-7-4-3-5-8-20)37-33-38(29(27)25-9-6-14-43-25)31(39)26(44-33)16-21-15-22(34)17-24(36)30(21)42-18-19-10-12-23(35)13-11-19/h3-17,29H,2,18H2,1H3/b26-16-/t29-/m1/s1. The predicted octanol–water partition coefficient (Wildman–Crippen LogP) is 7.60. The molecule has 0 saturated heterocycles. The summed E-state index contributed by atoms with van der Waals surface area (Å²) in [5.41, 5.74) is 3.06. The van der Waals surface area contributed by atoms with E-state index in [4.69, 9.17) is 26.1 Å². The van der Waals surface area contributed by atoms with Crippen LogP contribution >= 0.6 is 72.8 Å². The SMILES string of the molecule is CCOC(=O)C1=C(c2ccccc2)N=c2s/c(=C\c3cc(Br)cc(I)c3OCc3ccc(Cl)cc3)c(=O)n2[C@@H]1c1cccs1. The molecule has 0 bridgehead atoms. The average Bonchev–Trinajstić information content (AvgIpc) is 3.65. The summed E-state index contributed by atoms with van der Waals surface area (Å²) in [6.45, 7) is 2.30. The molecule has 3 heterocycles. The van der Waals surface area contributed by atoms with Crippen LogP contribution in [0.5, 0.6) is 5.75 Å². The molecule has 0 amide bonds. The average molecular weight is 818 g/mol. The van der Waals surface area contributed by atoms with E-state index in [1.165, 1.54) is 22.7 Å². The van der Waals surface area contributed by atoms with E-state index in [1.54, 1.807) is 11.5 Å². The fourth-order valence-corrected chi connectivity index (χ4v) is 8.52. The molecule has 6 nitrogen and oxygen atoms in total. The van der Waals surface area contributed by atoms with Crippen LogP contribution in [0.25, 0.3) is 11.8 Å². The number of benzene rings is 3. The highest BCUT2D eigenvalue weighted by Gasteiger charge is 2.35. The number of carbonyl (C=O) groups excluding carboxylic acids is 1. The van der Waals surface area contributed by atoms with Gasteiger partial charge in [0, 0.05) is 25.5 Å². The fourth-order valence-electron chi connectivity index (χ4n) is 4.87. The summed E-state index contributed by atoms with van der Waals surface area (Å²) in [4.78, 5) is 34.0. The van der Waals surface area contributed by atoms with Gasteiger partial charge in [0.05, 0.1) is 26.0 Å². The fraction of sp³-hybridized carbons (Fsp3) is 0.121. The number of hydrogen-bond donors (Lipinski definition) is 0. The minimum absolute atomic E-state index is 0.201. The number of esters is 1. The molecule has 0 spiro atoms. The number of ether oxygens (including phenoxy) is 2. The summed E-state index contributed by atoms with van der Waals surface area (Å²) < 4.78 is 15.6. The Morgan fingerprint density at radius 1 is 1.11 bits per heavy atom. The second kappa shape index (κ2) is 13.5. The minimum Gasteiger partial charge on any atom is -0.487 e. The normalized spacial score (nSPS) is 14.7. The number of nitrogens with zero attached hydrogens (tertiary/aromatic N) is 2. The quantitative estimate of drug-likeness (QED) is 0.120. The third-order valence-electron chi connectivity index (χ3n) is 6.81. The summed E-state index contributed by atoms with van der Waals surface area (Å²) in [5, 5.41) is 2.59. The van der Waals surface area contributed by atoms with Gasteiger partial charge in [-0.25, -0.2) is 9.79 Å². The Morgan fingerprint density at radius 2 is 1.89 bits per heavy atom. The van der Waals surface area contributed by atoms with Crippen LogP contribution in [0.15, 0.2) is 104 Å². The molecule has 0 aliphatic carbocycles. The number of fused-ring (bicyclic) bond motifs is 1. The Hall–Kier alpha value is -3.03. The first-order valence-corrected chi connectivity index (χ1v) is 17.5. The molecule has 222 valence electrons. The number of thiazole rings is 1. The van der Waals surface area contributed by atoms with E-state index < -0.39 is 12.0 Å². The van der Waals surface area contributed by atoms with Gasteiger partial charge in [0.2, 0.25) is 0 Å². The highest BCUT2D eigenvalue weighted by molar-refractivity contribution is 14.1. The van der Waals surface area contributed by atoms with E-state index in [0.29, 0.717) is 38.0 Å². The second-order valence-corrected chi connectivity index (χ2v) is 14.2. The van der Waals surface area contributed by atoms with Gasteiger partial charge < -0.3 is 9.47 Å². The molecule has 2 aromatic heterocycles. The molecular formula is C33H23BrClIN2O4S2. The van der Waals surface area contributed by atoms with Crippen LogP contribution in [-0.4, -0.2) is 17.1 Å². The van der Waals surface area contributed by atoms with Crippen LogP contribution in [-0.2, 0) is 16.1 Å². The van der Waals surface area contributed by atoms with Crippen molar-refractivity contribution in [2.75, 3.05) is 6.61 Å². The van der Waals surface area contributed by atoms with Crippen molar-refractivity contribution in [1.82, 2.24) is 4.57 Å². The second-order valence-electron chi connectivity index (χ2n) is 9.67. The van der Waals surface area contributed by atoms with Gasteiger partial charge >= 0.3 is 5.97 Å². The lowest BCUT2D eigenvalue weighted by Gasteiger charge is -2.24. The smallest absolute Gasteiger partial charge is 0.338 e. The molecule has 1 atom stereocenters. The van der Waals surface area contributed by atoms with Gasteiger partial charge in [-0.05, 0) is 76.9 Å². The van der Waals surface area contributed by atoms with Gasteiger partial charge in [-0.15, -0.1) is 11.3 Å². The molecule has 0 N–H and O–H groups in total. The minimum atomic E-state index is -0.689. The topological polar surface area (TPSA) is 69.9 Å². The van der Waals surface area contributed by atoms with Crippen LogP contribution in [0.2, 0.25) is 5.02 Å². The van der Waals surface area contributed by atoms with Gasteiger partial charge in [-0.2, -0.15) is 0 Å². The van der Waals surface area contributed by atoms with E-state index in [0.717, 1.165) is 29.6 Å². The predicted molar refractivity (Wildman–Crippen MR) is 188 cm³/mol. The zero-order valence-electron chi connectivity index (χ0n) is 23.1. The molecule has 0 saturated carbocycles. The monoisotopic (exact) mass is 816 g/mol. The lowest BCUT2D eigenvalue weighted by atomic mass is 9.97. The molecular weight excluding hydrogens is 795 g/mol. The Morgan fingerprint density at radius 3 is 2.59 bits per heavy atom. The van der Waals surface area contributed by atoms with Gasteiger partial charge in [-0.1, -0.05) is 87.4 Å². The van der Waals surface area contributed by atoms with Crippen molar-refractivity contribution in [2.24, 2.45) is 4.99 Å². The number of rotatable bonds is 8. The molecule has 6 rings (SSSR count). The molecule has 11 heteroatoms. The molecule has 0 unspecified atom stereocenters. The van der Waals surface area contributed by atoms with Crippen LogP contribution in [0.4, 0.5) is 0 Å². The number of carbonyl (C=O) groups is 1. The molecule has 1 aliphatic rings. The Bertz CT molecular complexity index is 2060. The van der Waals surface area contributed by atoms with Crippen LogP contribution in [0.1, 0.15) is 34.5 Å². The number of thiophene rings is 1. The maximum Gasteiger partial charge on any atom is 0.338 e. The van der Waals surface area contributed by atoms with E-state index in [1.807, 2.05) is 90.3 Å². The third kappa shape index (κ3) is 6.36. The lowest BCUT2D eigenvalue weighted by Crippen LogP contribution is -2.39. The summed E-state index contributed by atoms with van der Waals surface area (Å²) >= 11 is 14.6. The van der Waals surface area contributed by atoms with Gasteiger partial charge in [0.1, 0.15) is 18.4 Å². The maximum absolute atomic E-state index is 14.2. The van der Waals surface area contributed by atoms with Crippen molar-refractivity contribution >= 4 is 90.5 Å². The van der Waals surface area contributed by atoms with Crippen molar-refractivity contribution in [3.05, 3.63) is 144 Å². The van der Waals surface area contributed by atoms with E-state index in [2.05, 4.69) is 38.5 Å². The number of hydrogen-bond acceptors (Lipinski definition) is 7. The van der Waals surface area contributed by atoms with Crippen molar-refractivity contribution in [2.45, 2.75) is 19.6 Å². The largest absolute Gasteiger partial charge is 0.487 e. The van der Waals surface area contributed by atoms with E-state index in [-0.39, 0.29) is 12.2 Å². The molecule has 1 aliphatic heterocycles. The zero-order chi connectivity index (χ0) is 30.8. The molecule has 5 aromatic rings. The highest BCUT2D eigenvalue weighted by atomic mass is 127. The van der Waals surface area contributed by atoms with Crippen LogP contribution < -0.4 is 19.6 Å². The zero-order valence-corrected chi connectivity index (χ0v) is 29.3.